The van der Waals surface area contributed by atoms with E-state index in [-0.39, 0.29) is 28.7 Å². The highest BCUT2D eigenvalue weighted by atomic mass is 32.2. The fraction of sp³-hybridized carbons (Fsp3) is 0.458. The zero-order valence-electron chi connectivity index (χ0n) is 19.9. The Morgan fingerprint density at radius 1 is 1.11 bits per heavy atom. The molecule has 4 rings (SSSR count). The number of carbonyl (C=O) groups is 3. The van der Waals surface area contributed by atoms with Crippen molar-refractivity contribution >= 4 is 44.3 Å². The molecular formula is C24H29N3O6S2. The maximum absolute atomic E-state index is 13.0. The van der Waals surface area contributed by atoms with Crippen LogP contribution in [0.5, 0.6) is 0 Å². The largest absolute Gasteiger partial charge is 0.450 e. The predicted molar refractivity (Wildman–Crippen MR) is 132 cm³/mol. The molecule has 2 aliphatic carbocycles. The van der Waals surface area contributed by atoms with E-state index in [1.807, 2.05) is 0 Å². The van der Waals surface area contributed by atoms with E-state index in [1.54, 1.807) is 14.0 Å². The van der Waals surface area contributed by atoms with Crippen LogP contribution < -0.4 is 10.6 Å². The minimum atomic E-state index is -3.61. The summed E-state index contributed by atoms with van der Waals surface area (Å²) in [4.78, 5) is 38.9. The Morgan fingerprint density at radius 3 is 2.43 bits per heavy atom. The second-order valence-corrected chi connectivity index (χ2v) is 12.1. The first-order valence-corrected chi connectivity index (χ1v) is 13.9. The minimum Gasteiger partial charge on any atom is -0.450 e. The zero-order valence-corrected chi connectivity index (χ0v) is 21.6. The fourth-order valence-corrected chi connectivity index (χ4v) is 6.97. The molecule has 0 aliphatic heterocycles. The van der Waals surface area contributed by atoms with Crippen molar-refractivity contribution in [3.63, 3.8) is 0 Å². The summed E-state index contributed by atoms with van der Waals surface area (Å²) >= 11 is 1.33. The highest BCUT2D eigenvalue weighted by Gasteiger charge is 2.35. The van der Waals surface area contributed by atoms with E-state index >= 15 is 0 Å². The molecule has 1 heterocycles. The number of anilines is 1. The molecule has 35 heavy (non-hydrogen) atoms. The van der Waals surface area contributed by atoms with Crippen molar-refractivity contribution < 1.29 is 27.5 Å². The SMILES string of the molecule is CCOC(=O)NC(=O)c1c(NC(=O)c2ccc(S(=O)(=O)N(C)C3CC3)cc2)sc2c1CCC(C)C2. The lowest BCUT2D eigenvalue weighted by molar-refractivity contribution is 0.0925. The van der Waals surface area contributed by atoms with Crippen LogP contribution in [0.4, 0.5) is 9.80 Å². The van der Waals surface area contributed by atoms with E-state index in [4.69, 9.17) is 4.74 Å². The molecule has 11 heteroatoms. The number of ether oxygens (including phenoxy) is 1. The van der Waals surface area contributed by atoms with Crippen molar-refractivity contribution in [3.8, 4) is 0 Å². The van der Waals surface area contributed by atoms with Crippen LogP contribution in [0.25, 0.3) is 0 Å². The molecule has 9 nitrogen and oxygen atoms in total. The zero-order chi connectivity index (χ0) is 25.3. The molecule has 0 bridgehead atoms. The molecule has 1 aromatic carbocycles. The molecule has 0 radical (unpaired) electrons. The molecule has 1 saturated carbocycles. The first kappa shape index (κ1) is 25.3. The molecule has 2 aliphatic rings. The smallest absolute Gasteiger partial charge is 0.414 e. The monoisotopic (exact) mass is 519 g/mol. The highest BCUT2D eigenvalue weighted by Crippen LogP contribution is 2.40. The third-order valence-electron chi connectivity index (χ3n) is 6.31. The van der Waals surface area contributed by atoms with Gasteiger partial charge < -0.3 is 10.1 Å². The quantitative estimate of drug-likeness (QED) is 0.574. The normalized spacial score (nSPS) is 17.5. The molecule has 2 N–H and O–H groups in total. The van der Waals surface area contributed by atoms with Gasteiger partial charge in [0.2, 0.25) is 10.0 Å². The maximum atomic E-state index is 13.0. The Labute approximate surface area is 208 Å². The topological polar surface area (TPSA) is 122 Å². The first-order valence-electron chi connectivity index (χ1n) is 11.6. The summed E-state index contributed by atoms with van der Waals surface area (Å²) in [6.45, 7) is 3.91. The molecule has 1 aromatic heterocycles. The van der Waals surface area contributed by atoms with Crippen molar-refractivity contribution in [1.82, 2.24) is 9.62 Å². The molecule has 0 saturated heterocycles. The lowest BCUT2D eigenvalue weighted by Crippen LogP contribution is -2.32. The van der Waals surface area contributed by atoms with Gasteiger partial charge in [-0.25, -0.2) is 13.2 Å². The van der Waals surface area contributed by atoms with Crippen LogP contribution in [0.15, 0.2) is 29.2 Å². The van der Waals surface area contributed by atoms with Crippen LogP contribution in [-0.2, 0) is 27.6 Å². The molecule has 1 unspecified atom stereocenters. The van der Waals surface area contributed by atoms with Gasteiger partial charge in [0.1, 0.15) is 5.00 Å². The van der Waals surface area contributed by atoms with E-state index in [1.165, 1.54) is 39.9 Å². The summed E-state index contributed by atoms with van der Waals surface area (Å²) in [5.74, 6) is -0.634. The molecule has 0 spiro atoms. The minimum absolute atomic E-state index is 0.0368. The summed E-state index contributed by atoms with van der Waals surface area (Å²) in [5, 5.41) is 5.39. The average molecular weight is 520 g/mol. The van der Waals surface area contributed by atoms with E-state index in [0.717, 1.165) is 36.1 Å². The number of hydrogen-bond acceptors (Lipinski definition) is 7. The average Bonchev–Trinajstić information content (AvgIpc) is 3.60. The van der Waals surface area contributed by atoms with Crippen LogP contribution in [-0.4, -0.2) is 50.3 Å². The Kier molecular flexibility index (Phi) is 7.30. The lowest BCUT2D eigenvalue weighted by Gasteiger charge is -2.18. The van der Waals surface area contributed by atoms with Crippen LogP contribution >= 0.6 is 11.3 Å². The lowest BCUT2D eigenvalue weighted by atomic mass is 9.88. The number of sulfonamides is 1. The van der Waals surface area contributed by atoms with E-state index < -0.39 is 27.9 Å². The van der Waals surface area contributed by atoms with Crippen molar-refractivity contribution in [2.45, 2.75) is 56.9 Å². The standard InChI is InChI=1S/C24H29N3O6S2/c1-4-33-24(30)26-22(29)20-18-12-5-14(2)13-19(18)34-23(20)25-21(28)15-6-10-17(11-7-15)35(31,32)27(3)16-8-9-16/h6-7,10-11,14,16H,4-5,8-9,12-13H2,1-3H3,(H,25,28)(H,26,29,30). The second kappa shape index (κ2) is 10.1. The van der Waals surface area contributed by atoms with Crippen molar-refractivity contribution in [2.75, 3.05) is 19.0 Å². The number of carbonyl (C=O) groups excluding carboxylic acids is 3. The summed E-state index contributed by atoms with van der Waals surface area (Å²) in [5.41, 5.74) is 1.38. The number of hydrogen-bond donors (Lipinski definition) is 2. The number of benzene rings is 1. The number of fused-ring (bicyclic) bond motifs is 1. The Balaban J connectivity index is 1.57. The Bertz CT molecular complexity index is 1250. The van der Waals surface area contributed by atoms with Gasteiger partial charge in [0.05, 0.1) is 17.1 Å². The van der Waals surface area contributed by atoms with Gasteiger partial charge in [0.25, 0.3) is 11.8 Å². The number of nitrogens with one attached hydrogen (secondary N) is 2. The molecule has 3 amide bonds. The number of rotatable bonds is 7. The van der Waals surface area contributed by atoms with Crippen molar-refractivity contribution in [3.05, 3.63) is 45.8 Å². The molecule has 2 aromatic rings. The number of nitrogens with zero attached hydrogens (tertiary/aromatic N) is 1. The van der Waals surface area contributed by atoms with Gasteiger partial charge in [-0.1, -0.05) is 6.92 Å². The third kappa shape index (κ3) is 5.41. The summed E-state index contributed by atoms with van der Waals surface area (Å²) in [6, 6.07) is 5.78. The predicted octanol–water partition coefficient (Wildman–Crippen LogP) is 3.79. The van der Waals surface area contributed by atoms with Gasteiger partial charge >= 0.3 is 6.09 Å². The number of imide groups is 1. The molecule has 188 valence electrons. The second-order valence-electron chi connectivity index (χ2n) is 8.96. The van der Waals surface area contributed by atoms with E-state index in [2.05, 4.69) is 17.6 Å². The number of thiophene rings is 1. The molecular weight excluding hydrogens is 490 g/mol. The Hall–Kier alpha value is -2.76. The summed E-state index contributed by atoms with van der Waals surface area (Å²) in [7, 11) is -2.05. The van der Waals surface area contributed by atoms with Crippen LogP contribution in [0.3, 0.4) is 0 Å². The summed E-state index contributed by atoms with van der Waals surface area (Å²) < 4.78 is 31.6. The fourth-order valence-electron chi connectivity index (χ4n) is 4.16. The Morgan fingerprint density at radius 2 is 1.80 bits per heavy atom. The van der Waals surface area contributed by atoms with E-state index in [9.17, 15) is 22.8 Å². The van der Waals surface area contributed by atoms with Gasteiger partial charge in [0, 0.05) is 23.5 Å². The van der Waals surface area contributed by atoms with Gasteiger partial charge in [-0.15, -0.1) is 11.3 Å². The van der Waals surface area contributed by atoms with Crippen LogP contribution in [0.1, 0.15) is 64.3 Å². The van der Waals surface area contributed by atoms with Crippen molar-refractivity contribution in [2.24, 2.45) is 5.92 Å². The molecule has 1 fully saturated rings. The van der Waals surface area contributed by atoms with Gasteiger partial charge in [0.15, 0.2) is 0 Å². The van der Waals surface area contributed by atoms with Gasteiger partial charge in [-0.05, 0) is 74.8 Å². The number of amides is 3. The summed E-state index contributed by atoms with van der Waals surface area (Å²) in [6.07, 6.45) is 3.23. The van der Waals surface area contributed by atoms with Crippen LogP contribution in [0, 0.1) is 5.92 Å². The van der Waals surface area contributed by atoms with E-state index in [0.29, 0.717) is 17.3 Å². The van der Waals surface area contributed by atoms with Gasteiger partial charge in [-0.3, -0.25) is 14.9 Å². The first-order chi connectivity index (χ1) is 16.6. The third-order valence-corrected chi connectivity index (χ3v) is 9.41. The highest BCUT2D eigenvalue weighted by molar-refractivity contribution is 7.89. The van der Waals surface area contributed by atoms with Crippen molar-refractivity contribution in [1.29, 1.82) is 0 Å². The van der Waals surface area contributed by atoms with Crippen LogP contribution in [0.2, 0.25) is 0 Å². The molecule has 1 atom stereocenters. The van der Waals surface area contributed by atoms with Gasteiger partial charge in [-0.2, -0.15) is 4.31 Å². The maximum Gasteiger partial charge on any atom is 0.414 e. The number of alkyl carbamates (subject to hydrolysis) is 1.